The molecular formula is C12H14ClNO3S2. The highest BCUT2D eigenvalue weighted by molar-refractivity contribution is 8.76. The summed E-state index contributed by atoms with van der Waals surface area (Å²) in [7, 11) is 2.91. The van der Waals surface area contributed by atoms with Gasteiger partial charge in [0.2, 0.25) is 5.91 Å². The summed E-state index contributed by atoms with van der Waals surface area (Å²) in [5, 5.41) is 12.0. The van der Waals surface area contributed by atoms with Gasteiger partial charge in [-0.25, -0.2) is 4.79 Å². The van der Waals surface area contributed by atoms with Gasteiger partial charge in [0.1, 0.15) is 6.04 Å². The molecule has 1 atom stereocenters. The number of carboxylic acids is 1. The van der Waals surface area contributed by atoms with E-state index >= 15 is 0 Å². The third-order valence-corrected chi connectivity index (χ3v) is 4.86. The predicted octanol–water partition coefficient (Wildman–Crippen LogP) is 2.81. The number of carbonyl (C=O) groups excluding carboxylic acids is 1. The number of hydrogen-bond acceptors (Lipinski definition) is 4. The first-order valence-corrected chi connectivity index (χ1v) is 8.35. The SMILES string of the molecule is CC(=O)N[C@@H](CSSCc1ccccc1Cl)C(=O)O. The van der Waals surface area contributed by atoms with Gasteiger partial charge in [-0.05, 0) is 11.6 Å². The van der Waals surface area contributed by atoms with Crippen LogP contribution in [-0.2, 0) is 15.3 Å². The maximum atomic E-state index is 10.9. The summed E-state index contributed by atoms with van der Waals surface area (Å²) in [5.74, 6) is -0.369. The first-order chi connectivity index (χ1) is 9.00. The Labute approximate surface area is 124 Å². The number of rotatable bonds is 7. The molecule has 0 aliphatic heterocycles. The Morgan fingerprint density at radius 1 is 1.37 bits per heavy atom. The maximum absolute atomic E-state index is 10.9. The highest BCUT2D eigenvalue weighted by Crippen LogP contribution is 2.29. The number of carboxylic acid groups (broad SMARTS) is 1. The Morgan fingerprint density at radius 3 is 2.63 bits per heavy atom. The van der Waals surface area contributed by atoms with Gasteiger partial charge in [-0.15, -0.1) is 0 Å². The Kier molecular flexibility index (Phi) is 7.12. The van der Waals surface area contributed by atoms with Gasteiger partial charge in [0, 0.05) is 23.5 Å². The van der Waals surface area contributed by atoms with Crippen LogP contribution in [0.4, 0.5) is 0 Å². The Balaban J connectivity index is 2.35. The van der Waals surface area contributed by atoms with Crippen molar-refractivity contribution in [2.24, 2.45) is 0 Å². The fourth-order valence-corrected chi connectivity index (χ4v) is 3.79. The average Bonchev–Trinajstić information content (AvgIpc) is 2.34. The summed E-state index contributed by atoms with van der Waals surface area (Å²) in [6.07, 6.45) is 0. The molecule has 7 heteroatoms. The number of halogens is 1. The quantitative estimate of drug-likeness (QED) is 0.597. The normalized spacial score (nSPS) is 11.9. The van der Waals surface area contributed by atoms with E-state index in [2.05, 4.69) is 5.32 Å². The van der Waals surface area contributed by atoms with E-state index in [0.29, 0.717) is 16.5 Å². The number of amides is 1. The number of aliphatic carboxylic acids is 1. The molecule has 0 spiro atoms. The smallest absolute Gasteiger partial charge is 0.327 e. The van der Waals surface area contributed by atoms with Crippen LogP contribution < -0.4 is 5.32 Å². The van der Waals surface area contributed by atoms with Crippen LogP contribution in [0, 0.1) is 0 Å². The van der Waals surface area contributed by atoms with Crippen molar-refractivity contribution in [1.29, 1.82) is 0 Å². The lowest BCUT2D eigenvalue weighted by Gasteiger charge is -2.12. The molecule has 0 fully saturated rings. The van der Waals surface area contributed by atoms with Crippen molar-refractivity contribution in [3.05, 3.63) is 34.9 Å². The molecule has 0 radical (unpaired) electrons. The first kappa shape index (κ1) is 16.2. The zero-order chi connectivity index (χ0) is 14.3. The molecule has 0 heterocycles. The van der Waals surface area contributed by atoms with E-state index in [1.54, 1.807) is 0 Å². The van der Waals surface area contributed by atoms with Gasteiger partial charge in [0.05, 0.1) is 0 Å². The summed E-state index contributed by atoms with van der Waals surface area (Å²) < 4.78 is 0. The van der Waals surface area contributed by atoms with Gasteiger partial charge in [-0.2, -0.15) is 0 Å². The summed E-state index contributed by atoms with van der Waals surface area (Å²) in [4.78, 5) is 21.7. The van der Waals surface area contributed by atoms with Crippen LogP contribution in [0.25, 0.3) is 0 Å². The van der Waals surface area contributed by atoms with Gasteiger partial charge < -0.3 is 10.4 Å². The van der Waals surface area contributed by atoms with E-state index in [1.807, 2.05) is 24.3 Å². The molecule has 0 saturated carbocycles. The monoisotopic (exact) mass is 319 g/mol. The maximum Gasteiger partial charge on any atom is 0.327 e. The second-order valence-corrected chi connectivity index (χ2v) is 6.64. The van der Waals surface area contributed by atoms with Crippen LogP contribution in [0.1, 0.15) is 12.5 Å². The van der Waals surface area contributed by atoms with Crippen LogP contribution in [0.2, 0.25) is 5.02 Å². The summed E-state index contributed by atoms with van der Waals surface area (Å²) >= 11 is 6.01. The van der Waals surface area contributed by atoms with Crippen LogP contribution in [0.5, 0.6) is 0 Å². The zero-order valence-electron chi connectivity index (χ0n) is 10.3. The molecule has 0 unspecified atom stereocenters. The van der Waals surface area contributed by atoms with Crippen LogP contribution in [0.3, 0.4) is 0 Å². The van der Waals surface area contributed by atoms with Gasteiger partial charge in [-0.1, -0.05) is 51.4 Å². The van der Waals surface area contributed by atoms with Crippen LogP contribution in [-0.4, -0.2) is 28.8 Å². The van der Waals surface area contributed by atoms with Crippen LogP contribution in [0.15, 0.2) is 24.3 Å². The lowest BCUT2D eigenvalue weighted by molar-refractivity contribution is -0.140. The lowest BCUT2D eigenvalue weighted by Crippen LogP contribution is -2.41. The molecule has 104 valence electrons. The van der Waals surface area contributed by atoms with E-state index < -0.39 is 12.0 Å². The van der Waals surface area contributed by atoms with Gasteiger partial charge >= 0.3 is 5.97 Å². The molecule has 0 aliphatic carbocycles. The molecule has 1 aromatic rings. The Bertz CT molecular complexity index is 456. The molecule has 1 rings (SSSR count). The van der Waals surface area contributed by atoms with Crippen molar-refractivity contribution >= 4 is 45.1 Å². The minimum Gasteiger partial charge on any atom is -0.480 e. The summed E-state index contributed by atoms with van der Waals surface area (Å²) in [6.45, 7) is 1.30. The number of nitrogens with one attached hydrogen (secondary N) is 1. The third kappa shape index (κ3) is 6.22. The van der Waals surface area contributed by atoms with E-state index in [9.17, 15) is 9.59 Å². The fourth-order valence-electron chi connectivity index (χ4n) is 1.26. The van der Waals surface area contributed by atoms with Crippen molar-refractivity contribution in [3.8, 4) is 0 Å². The molecule has 1 amide bonds. The minimum atomic E-state index is -1.03. The fraction of sp³-hybridized carbons (Fsp3) is 0.333. The summed E-state index contributed by atoms with van der Waals surface area (Å²) in [5.41, 5.74) is 1.01. The van der Waals surface area contributed by atoms with Gasteiger partial charge in [-0.3, -0.25) is 4.79 Å². The minimum absolute atomic E-state index is 0.310. The van der Waals surface area contributed by atoms with Gasteiger partial charge in [0.15, 0.2) is 0 Å². The number of hydrogen-bond donors (Lipinski definition) is 2. The van der Waals surface area contributed by atoms with E-state index in [4.69, 9.17) is 16.7 Å². The van der Waals surface area contributed by atoms with Crippen molar-refractivity contribution in [1.82, 2.24) is 5.32 Å². The molecule has 19 heavy (non-hydrogen) atoms. The van der Waals surface area contributed by atoms with Gasteiger partial charge in [0.25, 0.3) is 0 Å². The molecule has 4 nitrogen and oxygen atoms in total. The van der Waals surface area contributed by atoms with Crippen molar-refractivity contribution in [3.63, 3.8) is 0 Å². The van der Waals surface area contributed by atoms with E-state index in [-0.39, 0.29) is 5.91 Å². The molecule has 1 aromatic carbocycles. The largest absolute Gasteiger partial charge is 0.480 e. The Hall–Kier alpha value is -0.850. The highest BCUT2D eigenvalue weighted by atomic mass is 35.5. The highest BCUT2D eigenvalue weighted by Gasteiger charge is 2.18. The second-order valence-electron chi connectivity index (χ2n) is 3.73. The van der Waals surface area contributed by atoms with Crippen molar-refractivity contribution in [2.45, 2.75) is 18.7 Å². The predicted molar refractivity (Wildman–Crippen MR) is 80.4 cm³/mol. The van der Waals surface area contributed by atoms with E-state index in [1.165, 1.54) is 28.5 Å². The topological polar surface area (TPSA) is 66.4 Å². The molecular weight excluding hydrogens is 306 g/mol. The standard InChI is InChI=1S/C12H14ClNO3S2/c1-8(15)14-11(12(16)17)7-19-18-6-9-4-2-3-5-10(9)13/h2-5,11H,6-7H2,1H3,(H,14,15)(H,16,17)/t11-/m0/s1. The zero-order valence-corrected chi connectivity index (χ0v) is 12.6. The third-order valence-electron chi connectivity index (χ3n) is 2.17. The number of benzene rings is 1. The van der Waals surface area contributed by atoms with E-state index in [0.717, 1.165) is 5.56 Å². The average molecular weight is 320 g/mol. The second kappa shape index (κ2) is 8.35. The molecule has 0 aromatic heterocycles. The molecule has 2 N–H and O–H groups in total. The molecule has 0 bridgehead atoms. The van der Waals surface area contributed by atoms with Crippen LogP contribution >= 0.6 is 33.2 Å². The van der Waals surface area contributed by atoms with Crippen molar-refractivity contribution in [2.75, 3.05) is 5.75 Å². The lowest BCUT2D eigenvalue weighted by atomic mass is 10.2. The van der Waals surface area contributed by atoms with Crippen molar-refractivity contribution < 1.29 is 14.7 Å². The number of carbonyl (C=O) groups is 2. The first-order valence-electron chi connectivity index (χ1n) is 5.48. The summed E-state index contributed by atoms with van der Waals surface area (Å²) in [6, 6.07) is 6.66. The molecule has 0 aliphatic rings. The Morgan fingerprint density at radius 2 is 2.05 bits per heavy atom. The molecule has 0 saturated heterocycles.